The maximum Gasteiger partial charge on any atom is 1.00 e. The molecule has 0 spiro atoms. The summed E-state index contributed by atoms with van der Waals surface area (Å²) in [6.45, 7) is 2.44. The summed E-state index contributed by atoms with van der Waals surface area (Å²) in [7, 11) is 0. The minimum atomic E-state index is -1.42. The third kappa shape index (κ3) is 5.85. The normalized spacial score (nSPS) is 12.5. The Labute approximate surface area is 207 Å². The van der Waals surface area contributed by atoms with Crippen LogP contribution in [0.1, 0.15) is 25.9 Å². The average molecular weight is 362 g/mol. The first kappa shape index (κ1) is 24.7. The fraction of sp³-hybridized carbons (Fsp3) is 0.400. The molecule has 10 nitrogen and oxygen atoms in total. The first-order chi connectivity index (χ1) is 9.11. The molecule has 0 saturated carbocycles. The molecule has 0 radical (unpaired) electrons. The van der Waals surface area contributed by atoms with Crippen LogP contribution in [0.3, 0.4) is 0 Å². The molecule has 0 amide bonds. The Bertz CT molecular complexity index is 687. The van der Waals surface area contributed by atoms with E-state index in [4.69, 9.17) is 0 Å². The monoisotopic (exact) mass is 362 g/mol. The van der Waals surface area contributed by atoms with Crippen molar-refractivity contribution in [3.05, 3.63) is 41.4 Å². The first-order valence-corrected chi connectivity index (χ1v) is 5.28. The second kappa shape index (κ2) is 9.71. The third-order valence-corrected chi connectivity index (χ3v) is 2.60. The van der Waals surface area contributed by atoms with Crippen LogP contribution in [0.4, 0.5) is 0 Å². The van der Waals surface area contributed by atoms with Crippen molar-refractivity contribution < 1.29 is 123 Å². The molecule has 2 atom stereocenters. The van der Waals surface area contributed by atoms with Gasteiger partial charge in [-0.1, -0.05) is 0 Å². The van der Waals surface area contributed by atoms with E-state index in [1.165, 1.54) is 13.8 Å². The number of aliphatic carboxylic acids is 2. The molecule has 0 saturated heterocycles. The number of carbonyl (C=O) groups excluding carboxylic acids is 2. The first-order valence-electron chi connectivity index (χ1n) is 5.28. The van der Waals surface area contributed by atoms with Gasteiger partial charge in [0, 0.05) is 0 Å². The Morgan fingerprint density at radius 2 is 0.909 bits per heavy atom. The van der Waals surface area contributed by atoms with Gasteiger partial charge in [0.2, 0.25) is 0 Å². The summed E-state index contributed by atoms with van der Waals surface area (Å²) < 4.78 is 1.27. The van der Waals surface area contributed by atoms with Crippen molar-refractivity contribution in [3.63, 3.8) is 0 Å². The SMILES string of the molecule is C[C@@H](C(=O)[O-])n1c(=O)c1=O.C[C@@H](C(=O)[O-])n1c(=O)c1=O.[K+].[K+]. The van der Waals surface area contributed by atoms with Crippen molar-refractivity contribution in [1.29, 1.82) is 0 Å². The molecular formula is C10H8K2N2O8. The number of hydrogen-bond acceptors (Lipinski definition) is 8. The van der Waals surface area contributed by atoms with Gasteiger partial charge in [0.25, 0.3) is 0 Å². The predicted molar refractivity (Wildman–Crippen MR) is 58.1 cm³/mol. The van der Waals surface area contributed by atoms with Crippen LogP contribution in [0.15, 0.2) is 19.2 Å². The molecule has 0 aliphatic rings. The number of carbonyl (C=O) groups is 2. The standard InChI is InChI=1S/2C5H5NO4.2K/c2*1-2(5(9)10)6-3(7)4(6)8;;/h2*2H,1H3,(H,9,10);;/q;;2*+1/p-2/t2*2-;;/m00../s1. The topological polar surface area (TPSA) is 158 Å². The van der Waals surface area contributed by atoms with Gasteiger partial charge in [-0.3, -0.25) is 28.3 Å². The number of hydrogen-bond donors (Lipinski definition) is 0. The molecule has 0 N–H and O–H groups in total. The van der Waals surface area contributed by atoms with Crippen molar-refractivity contribution in [2.24, 2.45) is 0 Å². The number of rotatable bonds is 4. The van der Waals surface area contributed by atoms with E-state index in [0.717, 1.165) is 0 Å². The Hall–Kier alpha value is 0.493. The second-order valence-corrected chi connectivity index (χ2v) is 3.95. The van der Waals surface area contributed by atoms with E-state index in [1.54, 1.807) is 0 Å². The van der Waals surface area contributed by atoms with Crippen molar-refractivity contribution >= 4 is 11.9 Å². The van der Waals surface area contributed by atoms with Crippen molar-refractivity contribution in [2.75, 3.05) is 0 Å². The molecule has 0 aliphatic carbocycles. The van der Waals surface area contributed by atoms with Crippen molar-refractivity contribution in [1.82, 2.24) is 9.13 Å². The summed E-state index contributed by atoms with van der Waals surface area (Å²) >= 11 is 0. The molecule has 2 rings (SSSR count). The molecule has 2 aromatic heterocycles. The van der Waals surface area contributed by atoms with E-state index in [1.807, 2.05) is 0 Å². The number of carboxylic acid groups (broad SMARTS) is 2. The molecule has 0 aliphatic heterocycles. The number of nitrogens with zero attached hydrogens (tertiary/aromatic N) is 2. The average Bonchev–Trinajstić information content (AvgIpc) is 3.16. The van der Waals surface area contributed by atoms with Gasteiger partial charge >= 0.3 is 125 Å². The largest absolute Gasteiger partial charge is 1.00 e. The van der Waals surface area contributed by atoms with Crippen molar-refractivity contribution in [2.45, 2.75) is 25.9 Å². The summed E-state index contributed by atoms with van der Waals surface area (Å²) in [5.41, 5.74) is -3.01. The molecule has 22 heavy (non-hydrogen) atoms. The molecule has 0 unspecified atom stereocenters. The second-order valence-electron chi connectivity index (χ2n) is 3.95. The Balaban J connectivity index is 0. The van der Waals surface area contributed by atoms with E-state index in [9.17, 15) is 39.0 Å². The van der Waals surface area contributed by atoms with E-state index in [0.29, 0.717) is 9.13 Å². The van der Waals surface area contributed by atoms with E-state index >= 15 is 0 Å². The Morgan fingerprint density at radius 1 is 0.727 bits per heavy atom. The van der Waals surface area contributed by atoms with Crippen LogP contribution in [-0.2, 0) is 9.59 Å². The quantitative estimate of drug-likeness (QED) is 0.383. The minimum absolute atomic E-state index is 0. The molecule has 0 aromatic carbocycles. The van der Waals surface area contributed by atoms with E-state index < -0.39 is 46.3 Å². The van der Waals surface area contributed by atoms with Gasteiger partial charge in [-0.25, -0.2) is 0 Å². The van der Waals surface area contributed by atoms with Crippen LogP contribution >= 0.6 is 0 Å². The van der Waals surface area contributed by atoms with E-state index in [2.05, 4.69) is 0 Å². The Kier molecular flexibility index (Phi) is 10.9. The van der Waals surface area contributed by atoms with Crippen LogP contribution in [0.25, 0.3) is 0 Å². The maximum absolute atomic E-state index is 10.2. The summed E-state index contributed by atoms with van der Waals surface area (Å²) in [4.78, 5) is 61.0. The van der Waals surface area contributed by atoms with Gasteiger partial charge in [0.1, 0.15) is 0 Å². The van der Waals surface area contributed by atoms with Crippen LogP contribution in [-0.4, -0.2) is 21.1 Å². The predicted octanol–water partition coefficient (Wildman–Crippen LogP) is -11.2. The van der Waals surface area contributed by atoms with Crippen LogP contribution in [0.5, 0.6) is 0 Å². The molecule has 0 fully saturated rings. The Morgan fingerprint density at radius 3 is 0.955 bits per heavy atom. The number of aromatic nitrogens is 2. The zero-order valence-corrected chi connectivity index (χ0v) is 18.6. The molecular weight excluding hydrogens is 354 g/mol. The summed E-state index contributed by atoms with van der Waals surface area (Å²) in [5, 5.41) is 20.0. The molecule has 12 heteroatoms. The van der Waals surface area contributed by atoms with Gasteiger partial charge in [-0.2, -0.15) is 0 Å². The van der Waals surface area contributed by atoms with Crippen LogP contribution in [0, 0.1) is 0 Å². The fourth-order valence-electron chi connectivity index (χ4n) is 1.21. The summed E-state index contributed by atoms with van der Waals surface area (Å²) in [6.07, 6.45) is 0. The van der Waals surface area contributed by atoms with Crippen LogP contribution in [0.2, 0.25) is 0 Å². The minimum Gasteiger partial charge on any atom is -0.548 e. The summed E-state index contributed by atoms with van der Waals surface area (Å²) in [6, 6.07) is -2.25. The zero-order valence-electron chi connectivity index (χ0n) is 12.3. The van der Waals surface area contributed by atoms with E-state index in [-0.39, 0.29) is 103 Å². The maximum atomic E-state index is 10.2. The van der Waals surface area contributed by atoms with Gasteiger partial charge in [-0.15, -0.1) is 0 Å². The third-order valence-electron chi connectivity index (χ3n) is 2.60. The molecule has 0 bridgehead atoms. The fourth-order valence-corrected chi connectivity index (χ4v) is 1.21. The van der Waals surface area contributed by atoms with Crippen molar-refractivity contribution in [3.8, 4) is 0 Å². The summed E-state index contributed by atoms with van der Waals surface area (Å²) in [5.74, 6) is -2.83. The van der Waals surface area contributed by atoms with Gasteiger partial charge in [-0.05, 0) is 13.8 Å². The molecule has 108 valence electrons. The van der Waals surface area contributed by atoms with Gasteiger partial charge in [0.05, 0.1) is 24.0 Å². The zero-order chi connectivity index (χ0) is 15.8. The molecule has 2 aromatic rings. The molecule has 2 heterocycles. The van der Waals surface area contributed by atoms with Gasteiger partial charge < -0.3 is 19.8 Å². The number of carboxylic acids is 2. The van der Waals surface area contributed by atoms with Crippen LogP contribution < -0.4 is 135 Å². The van der Waals surface area contributed by atoms with Gasteiger partial charge in [0.15, 0.2) is 0 Å². The smallest absolute Gasteiger partial charge is 0.548 e.